The zero-order valence-electron chi connectivity index (χ0n) is 10.5. The standard InChI is InChI=1S/C13H17NO3S2/c15-6-9-10(3-4-18-9)19(16,17)14-13-11-7-1-2-8(5-7)12(11)13/h3-4,7-8,11-15H,1-2,5-6H2. The van der Waals surface area contributed by atoms with Gasteiger partial charge < -0.3 is 5.11 Å². The van der Waals surface area contributed by atoms with Gasteiger partial charge in [-0.25, -0.2) is 13.1 Å². The summed E-state index contributed by atoms with van der Waals surface area (Å²) in [6.45, 7) is -0.212. The first-order valence-electron chi connectivity index (χ1n) is 6.81. The van der Waals surface area contributed by atoms with E-state index in [2.05, 4.69) is 4.72 Å². The fourth-order valence-electron chi connectivity index (χ4n) is 4.41. The van der Waals surface area contributed by atoms with Crippen LogP contribution in [0.4, 0.5) is 0 Å². The molecule has 1 aromatic heterocycles. The van der Waals surface area contributed by atoms with E-state index in [9.17, 15) is 13.5 Å². The lowest BCUT2D eigenvalue weighted by Gasteiger charge is -2.11. The Hall–Kier alpha value is -0.430. The summed E-state index contributed by atoms with van der Waals surface area (Å²) in [5, 5.41) is 10.9. The number of fused-ring (bicyclic) bond motifs is 5. The van der Waals surface area contributed by atoms with Crippen LogP contribution in [0.5, 0.6) is 0 Å². The van der Waals surface area contributed by atoms with Gasteiger partial charge in [-0.1, -0.05) is 0 Å². The molecule has 104 valence electrons. The van der Waals surface area contributed by atoms with Crippen LogP contribution in [0, 0.1) is 23.7 Å². The second kappa shape index (κ2) is 4.04. The summed E-state index contributed by atoms with van der Waals surface area (Å²) in [6, 6.07) is 1.74. The maximum atomic E-state index is 12.4. The van der Waals surface area contributed by atoms with E-state index in [1.165, 1.54) is 30.6 Å². The zero-order chi connectivity index (χ0) is 13.2. The van der Waals surface area contributed by atoms with E-state index in [0.717, 1.165) is 11.8 Å². The Morgan fingerprint density at radius 3 is 2.63 bits per heavy atom. The van der Waals surface area contributed by atoms with E-state index < -0.39 is 10.0 Å². The van der Waals surface area contributed by atoms with E-state index in [1.54, 1.807) is 11.4 Å². The second-order valence-electron chi connectivity index (χ2n) is 6.00. The smallest absolute Gasteiger partial charge is 0.242 e. The SMILES string of the molecule is O=S(=O)(NC1C2C3CCC(C3)C12)c1ccsc1CO. The molecule has 0 aromatic carbocycles. The van der Waals surface area contributed by atoms with Gasteiger partial charge in [0.1, 0.15) is 0 Å². The molecule has 6 heteroatoms. The molecule has 4 rings (SSSR count). The van der Waals surface area contributed by atoms with Gasteiger partial charge in [0.25, 0.3) is 0 Å². The van der Waals surface area contributed by atoms with E-state index in [1.807, 2.05) is 0 Å². The van der Waals surface area contributed by atoms with Gasteiger partial charge in [0.2, 0.25) is 10.0 Å². The summed E-state index contributed by atoms with van der Waals surface area (Å²) in [6.07, 6.45) is 3.88. The van der Waals surface area contributed by atoms with Crippen molar-refractivity contribution in [1.82, 2.24) is 4.72 Å². The number of aliphatic hydroxyl groups excluding tert-OH is 1. The number of sulfonamides is 1. The maximum absolute atomic E-state index is 12.4. The minimum atomic E-state index is -3.46. The van der Waals surface area contributed by atoms with Gasteiger partial charge in [0, 0.05) is 10.9 Å². The molecule has 3 fully saturated rings. The van der Waals surface area contributed by atoms with E-state index in [-0.39, 0.29) is 17.5 Å². The molecule has 3 aliphatic rings. The first kappa shape index (κ1) is 12.3. The topological polar surface area (TPSA) is 66.4 Å². The molecule has 19 heavy (non-hydrogen) atoms. The van der Waals surface area contributed by atoms with Crippen LogP contribution in [0.1, 0.15) is 24.1 Å². The van der Waals surface area contributed by atoms with Crippen molar-refractivity contribution in [3.05, 3.63) is 16.3 Å². The monoisotopic (exact) mass is 299 g/mol. The van der Waals surface area contributed by atoms with Crippen LogP contribution >= 0.6 is 11.3 Å². The van der Waals surface area contributed by atoms with Crippen molar-refractivity contribution in [1.29, 1.82) is 0 Å². The van der Waals surface area contributed by atoms with Crippen molar-refractivity contribution >= 4 is 21.4 Å². The summed E-state index contributed by atoms with van der Waals surface area (Å²) in [5.41, 5.74) is 0. The number of rotatable bonds is 4. The highest BCUT2D eigenvalue weighted by atomic mass is 32.2. The molecule has 0 radical (unpaired) electrons. The van der Waals surface area contributed by atoms with Gasteiger partial charge in [-0.15, -0.1) is 11.3 Å². The van der Waals surface area contributed by atoms with Crippen LogP contribution in [0.25, 0.3) is 0 Å². The Morgan fingerprint density at radius 1 is 1.32 bits per heavy atom. The first-order valence-corrected chi connectivity index (χ1v) is 9.17. The zero-order valence-corrected chi connectivity index (χ0v) is 12.1. The Bertz CT molecular complexity index is 593. The number of hydrogen-bond acceptors (Lipinski definition) is 4. The third-order valence-electron chi connectivity index (χ3n) is 5.16. The molecular weight excluding hydrogens is 282 g/mol. The fraction of sp³-hybridized carbons (Fsp3) is 0.692. The molecule has 2 bridgehead atoms. The minimum absolute atomic E-state index is 0.155. The predicted octanol–water partition coefficient (Wildman–Crippen LogP) is 1.56. The molecule has 0 spiro atoms. The maximum Gasteiger partial charge on any atom is 0.242 e. The normalized spacial score (nSPS) is 39.5. The molecule has 0 amide bonds. The van der Waals surface area contributed by atoms with Gasteiger partial charge in [0.05, 0.1) is 11.5 Å². The van der Waals surface area contributed by atoms with Crippen molar-refractivity contribution in [2.45, 2.75) is 36.8 Å². The number of thiophene rings is 1. The van der Waals surface area contributed by atoms with Crippen molar-refractivity contribution < 1.29 is 13.5 Å². The van der Waals surface area contributed by atoms with Crippen LogP contribution < -0.4 is 4.72 Å². The summed E-state index contributed by atoms with van der Waals surface area (Å²) in [5.74, 6) is 2.68. The predicted molar refractivity (Wildman–Crippen MR) is 72.2 cm³/mol. The molecule has 0 aliphatic heterocycles. The van der Waals surface area contributed by atoms with Crippen LogP contribution in [-0.2, 0) is 16.6 Å². The first-order chi connectivity index (χ1) is 9.12. The minimum Gasteiger partial charge on any atom is -0.391 e. The average Bonchev–Trinajstić information content (AvgIpc) is 2.87. The van der Waals surface area contributed by atoms with Gasteiger partial charge in [-0.05, 0) is 54.4 Å². The molecule has 2 N–H and O–H groups in total. The Balaban J connectivity index is 1.55. The lowest BCUT2D eigenvalue weighted by Crippen LogP contribution is -2.30. The van der Waals surface area contributed by atoms with Crippen molar-refractivity contribution in [2.75, 3.05) is 0 Å². The highest BCUT2D eigenvalue weighted by Gasteiger charge is 2.65. The second-order valence-corrected chi connectivity index (χ2v) is 8.68. The molecule has 4 nitrogen and oxygen atoms in total. The molecule has 3 aliphatic carbocycles. The van der Waals surface area contributed by atoms with Crippen LogP contribution in [0.15, 0.2) is 16.3 Å². The van der Waals surface area contributed by atoms with Crippen molar-refractivity contribution in [3.63, 3.8) is 0 Å². The van der Waals surface area contributed by atoms with E-state index in [0.29, 0.717) is 16.7 Å². The largest absolute Gasteiger partial charge is 0.391 e. The lowest BCUT2D eigenvalue weighted by molar-refractivity contribution is 0.282. The van der Waals surface area contributed by atoms with Crippen molar-refractivity contribution in [2.24, 2.45) is 23.7 Å². The third-order valence-corrected chi connectivity index (χ3v) is 7.74. The Labute approximate surface area is 116 Å². The summed E-state index contributed by atoms with van der Waals surface area (Å²) in [4.78, 5) is 0.790. The van der Waals surface area contributed by atoms with Crippen LogP contribution in [0.2, 0.25) is 0 Å². The summed E-state index contributed by atoms with van der Waals surface area (Å²) < 4.78 is 27.6. The quantitative estimate of drug-likeness (QED) is 0.887. The molecule has 0 saturated heterocycles. The average molecular weight is 299 g/mol. The van der Waals surface area contributed by atoms with Gasteiger partial charge >= 0.3 is 0 Å². The van der Waals surface area contributed by atoms with Gasteiger partial charge in [0.15, 0.2) is 0 Å². The fourth-order valence-corrected chi connectivity index (χ4v) is 7.01. The highest BCUT2D eigenvalue weighted by molar-refractivity contribution is 7.89. The molecule has 3 saturated carbocycles. The molecular formula is C13H17NO3S2. The number of nitrogens with one attached hydrogen (secondary N) is 1. The van der Waals surface area contributed by atoms with Crippen LogP contribution in [-0.4, -0.2) is 19.6 Å². The van der Waals surface area contributed by atoms with Crippen LogP contribution in [0.3, 0.4) is 0 Å². The van der Waals surface area contributed by atoms with E-state index in [4.69, 9.17) is 0 Å². The molecule has 1 heterocycles. The number of hydrogen-bond donors (Lipinski definition) is 2. The van der Waals surface area contributed by atoms with E-state index >= 15 is 0 Å². The molecule has 1 aromatic rings. The van der Waals surface area contributed by atoms with Crippen molar-refractivity contribution in [3.8, 4) is 0 Å². The highest BCUT2D eigenvalue weighted by Crippen LogP contribution is 2.65. The lowest BCUT2D eigenvalue weighted by atomic mass is 10.0. The summed E-state index contributed by atoms with van der Waals surface area (Å²) in [7, 11) is -3.46. The molecule has 4 atom stereocenters. The van der Waals surface area contributed by atoms with Gasteiger partial charge in [-0.2, -0.15) is 0 Å². The summed E-state index contributed by atoms with van der Waals surface area (Å²) >= 11 is 1.29. The third kappa shape index (κ3) is 1.73. The number of aliphatic hydroxyl groups is 1. The molecule has 4 unspecified atom stereocenters. The Morgan fingerprint density at radius 2 is 2.00 bits per heavy atom. The van der Waals surface area contributed by atoms with Gasteiger partial charge in [-0.3, -0.25) is 0 Å². The Kier molecular flexibility index (Phi) is 2.62.